The molecule has 1 heterocycles. The number of aromatic nitrogens is 2. The molecule has 0 spiro atoms. The Morgan fingerprint density at radius 3 is 2.62 bits per heavy atom. The van der Waals surface area contributed by atoms with Crippen molar-refractivity contribution in [2.75, 3.05) is 0 Å². The predicted molar refractivity (Wildman–Crippen MR) is 73.8 cm³/mol. The van der Waals surface area contributed by atoms with Gasteiger partial charge in [-0.15, -0.1) is 4.74 Å². The maximum absolute atomic E-state index is 11.8. The zero-order valence-electron chi connectivity index (χ0n) is 11.8. The van der Waals surface area contributed by atoms with E-state index in [4.69, 9.17) is 9.26 Å². The maximum atomic E-state index is 11.8. The minimum atomic E-state index is -0.774. The molecule has 0 aliphatic heterocycles. The molecule has 0 radical (unpaired) electrons. The number of hydrogen-bond donors (Lipinski definition) is 1. The van der Waals surface area contributed by atoms with Gasteiger partial charge in [-0.2, -0.15) is 0 Å². The minimum absolute atomic E-state index is 0.0598. The van der Waals surface area contributed by atoms with Gasteiger partial charge in [0.25, 0.3) is 0 Å². The van der Waals surface area contributed by atoms with E-state index in [1.807, 2.05) is 0 Å². The van der Waals surface area contributed by atoms with Crippen molar-refractivity contribution in [2.45, 2.75) is 19.9 Å². The molecule has 1 aromatic carbocycles. The van der Waals surface area contributed by atoms with E-state index in [1.54, 1.807) is 32.0 Å². The number of hydrogen-bond acceptors (Lipinski definition) is 5. The third kappa shape index (κ3) is 3.22. The lowest BCUT2D eigenvalue weighted by molar-refractivity contribution is 0.197. The Bertz CT molecular complexity index is 769. The van der Waals surface area contributed by atoms with Crippen LogP contribution in [0.3, 0.4) is 0 Å². The summed E-state index contributed by atoms with van der Waals surface area (Å²) in [6.45, 7) is 3.60. The highest BCUT2D eigenvalue weighted by molar-refractivity contribution is 5.70. The Morgan fingerprint density at radius 1 is 1.33 bits per heavy atom. The van der Waals surface area contributed by atoms with Gasteiger partial charge in [-0.1, -0.05) is 6.07 Å². The van der Waals surface area contributed by atoms with Gasteiger partial charge in [0, 0.05) is 19.2 Å². The van der Waals surface area contributed by atoms with Crippen LogP contribution in [0.4, 0.5) is 4.79 Å². The number of nitrogens with one attached hydrogen (secondary N) is 1. The fourth-order valence-corrected chi connectivity index (χ4v) is 1.60. The Labute approximate surface area is 119 Å². The van der Waals surface area contributed by atoms with Gasteiger partial charge in [-0.25, -0.2) is 19.0 Å². The molecule has 0 unspecified atom stereocenters. The van der Waals surface area contributed by atoms with Gasteiger partial charge < -0.3 is 14.6 Å². The fourth-order valence-electron chi connectivity index (χ4n) is 1.60. The molecule has 2 aromatic rings. The molecule has 1 aromatic heterocycles. The van der Waals surface area contributed by atoms with Gasteiger partial charge >= 0.3 is 17.5 Å². The second kappa shape index (κ2) is 5.70. The first kappa shape index (κ1) is 14.6. The van der Waals surface area contributed by atoms with E-state index in [2.05, 4.69) is 5.32 Å². The summed E-state index contributed by atoms with van der Waals surface area (Å²) in [4.78, 5) is 34.6. The van der Waals surface area contributed by atoms with Crippen molar-refractivity contribution >= 4 is 6.09 Å². The summed E-state index contributed by atoms with van der Waals surface area (Å²) >= 11 is 0. The number of nitrogens with zero attached hydrogens (tertiary/aromatic N) is 2. The highest BCUT2D eigenvalue weighted by Gasteiger charge is 2.12. The van der Waals surface area contributed by atoms with Crippen LogP contribution in [0.15, 0.2) is 38.4 Å². The molecule has 0 aliphatic carbocycles. The molecule has 0 aliphatic rings. The zero-order chi connectivity index (χ0) is 15.6. The lowest BCUT2D eigenvalue weighted by Crippen LogP contribution is -2.32. The third-order valence-electron chi connectivity index (χ3n) is 2.57. The summed E-state index contributed by atoms with van der Waals surface area (Å²) in [6, 6.07) is 6.04. The van der Waals surface area contributed by atoms with Gasteiger partial charge in [0.2, 0.25) is 0 Å². The van der Waals surface area contributed by atoms with Crippen LogP contribution in [0.25, 0.3) is 5.69 Å². The number of carbonyl (C=O) groups excluding carboxylic acids is 1. The van der Waals surface area contributed by atoms with Crippen molar-refractivity contribution in [3.8, 4) is 11.4 Å². The molecule has 1 amide bonds. The molecule has 0 fully saturated rings. The summed E-state index contributed by atoms with van der Waals surface area (Å²) in [5.41, 5.74) is -0.337. The van der Waals surface area contributed by atoms with Gasteiger partial charge in [0.05, 0.1) is 5.69 Å². The van der Waals surface area contributed by atoms with E-state index < -0.39 is 17.5 Å². The van der Waals surface area contributed by atoms with Crippen molar-refractivity contribution in [1.82, 2.24) is 14.6 Å². The molecule has 0 saturated heterocycles. The van der Waals surface area contributed by atoms with E-state index in [-0.39, 0.29) is 17.5 Å². The minimum Gasteiger partial charge on any atom is -0.410 e. The van der Waals surface area contributed by atoms with Crippen molar-refractivity contribution < 1.29 is 14.1 Å². The van der Waals surface area contributed by atoms with Crippen molar-refractivity contribution in [1.29, 1.82) is 0 Å². The highest BCUT2D eigenvalue weighted by atomic mass is 16.6. The van der Waals surface area contributed by atoms with Crippen molar-refractivity contribution in [3.63, 3.8) is 0 Å². The number of benzene rings is 1. The average molecular weight is 293 g/mol. The topological polar surface area (TPSA) is 95.5 Å². The molecule has 1 N–H and O–H groups in total. The summed E-state index contributed by atoms with van der Waals surface area (Å²) in [7, 11) is 1.31. The van der Waals surface area contributed by atoms with Gasteiger partial charge in [0.15, 0.2) is 0 Å². The van der Waals surface area contributed by atoms with Crippen LogP contribution in [0.2, 0.25) is 0 Å². The zero-order valence-corrected chi connectivity index (χ0v) is 11.8. The normalized spacial score (nSPS) is 10.7. The quantitative estimate of drug-likeness (QED) is 0.895. The Kier molecular flexibility index (Phi) is 3.97. The van der Waals surface area contributed by atoms with Gasteiger partial charge in [-0.3, -0.25) is 0 Å². The predicted octanol–water partition coefficient (Wildman–Crippen LogP) is 0.626. The number of rotatable bonds is 3. The van der Waals surface area contributed by atoms with Crippen LogP contribution in [0.1, 0.15) is 13.8 Å². The van der Waals surface area contributed by atoms with Crippen LogP contribution in [-0.2, 0) is 7.05 Å². The van der Waals surface area contributed by atoms with Crippen LogP contribution in [0, 0.1) is 0 Å². The van der Waals surface area contributed by atoms with Crippen LogP contribution in [-0.4, -0.2) is 21.4 Å². The SMILES string of the molecule is CC(C)NC(=O)Oc1cccc(-n2oc(=O)n(C)c2=O)c1. The first-order valence-corrected chi connectivity index (χ1v) is 6.26. The van der Waals surface area contributed by atoms with Crippen LogP contribution >= 0.6 is 0 Å². The van der Waals surface area contributed by atoms with Gasteiger partial charge in [-0.05, 0) is 26.0 Å². The number of ether oxygens (including phenoxy) is 1. The standard InChI is InChI=1S/C13H15N3O5/c1-8(2)14-11(17)20-10-6-4-5-9(7-10)16-12(18)15(3)13(19)21-16/h4-8H,1-3H3,(H,14,17). The molecular formula is C13H15N3O5. The molecule has 112 valence electrons. The Balaban J connectivity index is 2.30. The molecule has 0 atom stereocenters. The summed E-state index contributed by atoms with van der Waals surface area (Å²) in [5, 5.41) is 2.57. The number of amides is 1. The second-order valence-electron chi connectivity index (χ2n) is 4.68. The lowest BCUT2D eigenvalue weighted by atomic mass is 10.3. The smallest absolute Gasteiger partial charge is 0.410 e. The Morgan fingerprint density at radius 2 is 2.05 bits per heavy atom. The lowest BCUT2D eigenvalue weighted by Gasteiger charge is -2.09. The van der Waals surface area contributed by atoms with Crippen molar-refractivity contribution in [3.05, 3.63) is 45.3 Å². The monoisotopic (exact) mass is 293 g/mol. The molecule has 0 saturated carbocycles. The largest absolute Gasteiger partial charge is 0.442 e. The van der Waals surface area contributed by atoms with E-state index >= 15 is 0 Å². The maximum Gasteiger partial charge on any atom is 0.442 e. The fraction of sp³-hybridized carbons (Fsp3) is 0.308. The van der Waals surface area contributed by atoms with E-state index in [1.165, 1.54) is 13.1 Å². The third-order valence-corrected chi connectivity index (χ3v) is 2.57. The van der Waals surface area contributed by atoms with E-state index in [9.17, 15) is 14.4 Å². The molecule has 8 nitrogen and oxygen atoms in total. The number of carbonyl (C=O) groups is 1. The average Bonchev–Trinajstić information content (AvgIpc) is 2.66. The van der Waals surface area contributed by atoms with Crippen LogP contribution < -0.4 is 21.5 Å². The molecular weight excluding hydrogens is 278 g/mol. The Hall–Kier alpha value is -2.77. The molecule has 21 heavy (non-hydrogen) atoms. The summed E-state index contributed by atoms with van der Waals surface area (Å²) in [5.74, 6) is -0.548. The highest BCUT2D eigenvalue weighted by Crippen LogP contribution is 2.15. The van der Waals surface area contributed by atoms with Crippen molar-refractivity contribution in [2.24, 2.45) is 7.05 Å². The van der Waals surface area contributed by atoms with E-state index in [0.717, 1.165) is 9.31 Å². The summed E-state index contributed by atoms with van der Waals surface area (Å²) in [6.07, 6.45) is -0.607. The summed E-state index contributed by atoms with van der Waals surface area (Å²) < 4.78 is 11.5. The molecule has 2 rings (SSSR count). The molecule has 0 bridgehead atoms. The molecule has 8 heteroatoms. The second-order valence-corrected chi connectivity index (χ2v) is 4.68. The van der Waals surface area contributed by atoms with E-state index in [0.29, 0.717) is 0 Å². The van der Waals surface area contributed by atoms with Crippen LogP contribution in [0.5, 0.6) is 5.75 Å². The first-order chi connectivity index (χ1) is 9.88. The van der Waals surface area contributed by atoms with Gasteiger partial charge in [0.1, 0.15) is 5.75 Å². The first-order valence-electron chi connectivity index (χ1n) is 6.26.